The lowest BCUT2D eigenvalue weighted by molar-refractivity contribution is -0.138. The maximum absolute atomic E-state index is 14.4. The van der Waals surface area contributed by atoms with Gasteiger partial charge in [0.05, 0.1) is 54.1 Å². The van der Waals surface area contributed by atoms with Crippen molar-refractivity contribution in [1.29, 1.82) is 0 Å². The SMILES string of the molecule is COc1cc2c(cc1OCc1cc(COc3cc4c(cc3OC)C(=O)N3c5ccccc5C[C@H]3C(S(=O)(=O)O)N4)cc(NC(=O)[C@H](C)NC(=O)[C@H](C)NC(=O)CCCCC(=O)NCCN3C(=O)CC(S)C3=O)c1)NC(S(=O)(=O)O)[C@@H]1Cc3ccccc3N1C2=O. The van der Waals surface area contributed by atoms with Crippen molar-refractivity contribution in [2.24, 2.45) is 0 Å². The summed E-state index contributed by atoms with van der Waals surface area (Å²) in [6, 6.07) is 19.8. The maximum Gasteiger partial charge on any atom is 0.288 e. The molecule has 476 valence electrons. The van der Waals surface area contributed by atoms with Gasteiger partial charge in [-0.2, -0.15) is 29.5 Å². The van der Waals surface area contributed by atoms with Crippen molar-refractivity contribution in [1.82, 2.24) is 20.9 Å². The standard InChI is InChI=1S/C60H65N9O18S3/c1-31(62-52(71)16-10-9-15-51(70)61-17-18-67-53(72)28-50(88)60(67)77)54(73)63-32(2)55(74)64-37-20-33(29-86-48-26-40-38(24-46(48)84-3)58(75)68-42-13-7-5-11-35(42)22-44(68)56(65-40)89(78,79)80)19-34(21-37)30-87-49-27-41-39(25-47(49)85-4)59(76)69-43-14-8-6-12-36(43)23-45(69)57(66-41)90(81,82)83/h5-8,11-14,19-21,24-27,31-32,44-45,50,56-57,65-66,88H,9-10,15-18,22-23,28-30H2,1-4H3,(H,61,70)(H,62,71)(H,63,73)(H,64,74)(H,78,79,80)(H,81,82,83)/t31-,32-,44-,45-,50?,56?,57?/m0/s1. The van der Waals surface area contributed by atoms with Crippen molar-refractivity contribution in [3.05, 3.63) is 124 Å². The fourth-order valence-electron chi connectivity index (χ4n) is 11.6. The summed E-state index contributed by atoms with van der Waals surface area (Å²) in [5, 5.41) is 12.3. The van der Waals surface area contributed by atoms with Crippen LogP contribution < -0.4 is 60.6 Å². The molecule has 27 nitrogen and oxygen atoms in total. The molecule has 5 heterocycles. The van der Waals surface area contributed by atoms with E-state index in [0.29, 0.717) is 46.5 Å². The smallest absolute Gasteiger partial charge is 0.288 e. The number of nitrogens with one attached hydrogen (secondary N) is 6. The number of para-hydroxylation sites is 2. The van der Waals surface area contributed by atoms with E-state index in [0.717, 1.165) is 4.90 Å². The Morgan fingerprint density at radius 2 is 1.11 bits per heavy atom. The summed E-state index contributed by atoms with van der Waals surface area (Å²) in [6.45, 7) is 2.37. The molecule has 0 spiro atoms. The third kappa shape index (κ3) is 13.6. The number of hydrogen-bond donors (Lipinski definition) is 9. The molecular weight excluding hydrogens is 1230 g/mol. The Balaban J connectivity index is 0.849. The van der Waals surface area contributed by atoms with Crippen molar-refractivity contribution in [2.75, 3.05) is 53.1 Å². The Morgan fingerprint density at radius 3 is 1.58 bits per heavy atom. The van der Waals surface area contributed by atoms with Crippen LogP contribution in [0.4, 0.5) is 28.4 Å². The van der Waals surface area contributed by atoms with Gasteiger partial charge in [0.25, 0.3) is 32.1 Å². The third-order valence-electron chi connectivity index (χ3n) is 16.0. The largest absolute Gasteiger partial charge is 0.493 e. The molecule has 1 fully saturated rings. The van der Waals surface area contributed by atoms with Gasteiger partial charge in [0.1, 0.15) is 25.3 Å². The molecule has 5 aliphatic heterocycles. The number of thiol groups is 1. The first kappa shape index (κ1) is 64.0. The molecule has 5 aliphatic rings. The van der Waals surface area contributed by atoms with Crippen molar-refractivity contribution in [3.8, 4) is 23.0 Å². The highest BCUT2D eigenvalue weighted by Crippen LogP contribution is 2.45. The molecule has 90 heavy (non-hydrogen) atoms. The third-order valence-corrected chi connectivity index (χ3v) is 18.6. The fourth-order valence-corrected chi connectivity index (χ4v) is 13.7. The summed E-state index contributed by atoms with van der Waals surface area (Å²) < 4.78 is 97.3. The van der Waals surface area contributed by atoms with Crippen molar-refractivity contribution in [2.45, 2.75) is 112 Å². The number of methoxy groups -OCH3 is 2. The number of likely N-dealkylation sites (tertiary alicyclic amines) is 1. The zero-order valence-corrected chi connectivity index (χ0v) is 51.5. The van der Waals surface area contributed by atoms with E-state index in [1.807, 2.05) is 0 Å². The lowest BCUT2D eigenvalue weighted by Gasteiger charge is -2.27. The van der Waals surface area contributed by atoms with Crippen LogP contribution in [0, 0.1) is 0 Å². The summed E-state index contributed by atoms with van der Waals surface area (Å²) >= 11 is 4.08. The Kier molecular flexibility index (Phi) is 18.7. The predicted molar refractivity (Wildman–Crippen MR) is 330 cm³/mol. The molecule has 5 aromatic carbocycles. The maximum atomic E-state index is 14.4. The van der Waals surface area contributed by atoms with Crippen LogP contribution in [-0.4, -0.2) is 146 Å². The molecule has 0 bridgehead atoms. The summed E-state index contributed by atoms with van der Waals surface area (Å²) in [7, 11) is -6.99. The van der Waals surface area contributed by atoms with Crippen LogP contribution >= 0.6 is 12.6 Å². The van der Waals surface area contributed by atoms with Gasteiger partial charge < -0.3 is 60.6 Å². The molecular formula is C60H65N9O18S3. The van der Waals surface area contributed by atoms with Gasteiger partial charge in [0.15, 0.2) is 33.7 Å². The minimum atomic E-state index is -4.84. The fraction of sp³-hybridized carbons (Fsp3) is 0.367. The first-order valence-electron chi connectivity index (χ1n) is 28.6. The minimum absolute atomic E-state index is 0.00237. The zero-order valence-electron chi connectivity index (χ0n) is 49.0. The highest BCUT2D eigenvalue weighted by molar-refractivity contribution is 7.86. The van der Waals surface area contributed by atoms with Gasteiger partial charge in [-0.3, -0.25) is 52.4 Å². The minimum Gasteiger partial charge on any atom is -0.493 e. The van der Waals surface area contributed by atoms with Crippen molar-refractivity contribution in [3.63, 3.8) is 0 Å². The van der Waals surface area contributed by atoms with Crippen LogP contribution in [-0.2, 0) is 75.1 Å². The number of rotatable bonds is 23. The number of benzene rings is 5. The second-order valence-corrected chi connectivity index (χ2v) is 25.9. The number of hydrogen-bond acceptors (Lipinski definition) is 19. The lowest BCUT2D eigenvalue weighted by atomic mass is 10.1. The van der Waals surface area contributed by atoms with Crippen LogP contribution in [0.15, 0.2) is 91.0 Å². The monoisotopic (exact) mass is 1300 g/mol. The zero-order chi connectivity index (χ0) is 64.5. The van der Waals surface area contributed by atoms with E-state index in [-0.39, 0.29) is 121 Å². The van der Waals surface area contributed by atoms with Gasteiger partial charge in [0.2, 0.25) is 35.4 Å². The van der Waals surface area contributed by atoms with Gasteiger partial charge in [-0.1, -0.05) is 36.4 Å². The van der Waals surface area contributed by atoms with Crippen LogP contribution in [0.1, 0.15) is 88.9 Å². The summed E-state index contributed by atoms with van der Waals surface area (Å²) in [6.07, 6.45) is 0.921. The Labute approximate surface area is 522 Å². The number of unbranched alkanes of at least 4 members (excludes halogenated alkanes) is 1. The molecule has 30 heteroatoms. The highest BCUT2D eigenvalue weighted by atomic mass is 32.2. The number of fused-ring (bicyclic) bond motifs is 8. The van der Waals surface area contributed by atoms with Gasteiger partial charge in [-0.05, 0) is 104 Å². The van der Waals surface area contributed by atoms with Crippen LogP contribution in [0.5, 0.6) is 23.0 Å². The summed E-state index contributed by atoms with van der Waals surface area (Å²) in [5.41, 5.74) is 3.37. The topological polar surface area (TPSA) is 364 Å². The molecule has 3 unspecified atom stereocenters. The molecule has 0 saturated carbocycles. The average Bonchev–Trinajstić information content (AvgIpc) is 1.60. The van der Waals surface area contributed by atoms with Gasteiger partial charge in [-0.25, -0.2) is 0 Å². The number of carbonyl (C=O) groups excluding carboxylic acids is 8. The molecule has 7 atom stereocenters. The van der Waals surface area contributed by atoms with E-state index < -0.39 is 95.8 Å². The van der Waals surface area contributed by atoms with Crippen molar-refractivity contribution < 1.29 is 83.2 Å². The number of ether oxygens (including phenoxy) is 4. The number of carbonyl (C=O) groups is 8. The van der Waals surface area contributed by atoms with E-state index in [4.69, 9.17) is 18.9 Å². The van der Waals surface area contributed by atoms with E-state index in [1.165, 1.54) is 62.1 Å². The first-order valence-corrected chi connectivity index (χ1v) is 32.1. The van der Waals surface area contributed by atoms with Gasteiger partial charge in [-0.15, -0.1) is 0 Å². The molecule has 5 aromatic rings. The van der Waals surface area contributed by atoms with E-state index in [9.17, 15) is 64.3 Å². The number of amides is 8. The normalized spacial score (nSPS) is 19.6. The quantitative estimate of drug-likeness (QED) is 0.0193. The lowest BCUT2D eigenvalue weighted by Crippen LogP contribution is -2.50. The molecule has 0 aliphatic carbocycles. The number of anilines is 5. The summed E-state index contributed by atoms with van der Waals surface area (Å²) in [4.78, 5) is 109. The molecule has 8 N–H and O–H groups in total. The second-order valence-electron chi connectivity index (χ2n) is 22.2. The molecule has 0 radical (unpaired) electrons. The van der Waals surface area contributed by atoms with E-state index >= 15 is 0 Å². The molecule has 10 rings (SSSR count). The Morgan fingerprint density at radius 1 is 0.633 bits per heavy atom. The van der Waals surface area contributed by atoms with E-state index in [2.05, 4.69) is 44.5 Å². The van der Waals surface area contributed by atoms with Crippen molar-refractivity contribution >= 4 is 109 Å². The Hall–Kier alpha value is -8.97. The van der Waals surface area contributed by atoms with E-state index in [1.54, 1.807) is 66.7 Å². The van der Waals surface area contributed by atoms with Crippen LogP contribution in [0.3, 0.4) is 0 Å². The summed E-state index contributed by atoms with van der Waals surface area (Å²) in [5.74, 6) is -3.91. The number of nitrogens with zero attached hydrogens (tertiary/aromatic N) is 3. The highest BCUT2D eigenvalue weighted by Gasteiger charge is 2.49. The van der Waals surface area contributed by atoms with Gasteiger partial charge in [0, 0.05) is 61.5 Å². The van der Waals surface area contributed by atoms with Crippen LogP contribution in [0.2, 0.25) is 0 Å². The first-order chi connectivity index (χ1) is 42.8. The average molecular weight is 1300 g/mol. The number of imide groups is 1. The van der Waals surface area contributed by atoms with Gasteiger partial charge >= 0.3 is 0 Å². The van der Waals surface area contributed by atoms with Crippen LogP contribution in [0.25, 0.3) is 0 Å². The molecule has 0 aromatic heterocycles. The molecule has 8 amide bonds. The Bertz CT molecular complexity index is 3790. The predicted octanol–water partition coefficient (Wildman–Crippen LogP) is 3.97. The second kappa shape index (κ2) is 26.2. The molecule has 1 saturated heterocycles.